The van der Waals surface area contributed by atoms with Crippen LogP contribution in [0.1, 0.15) is 0 Å². The molecule has 0 radical (unpaired) electrons. The highest BCUT2D eigenvalue weighted by Crippen LogP contribution is 2.32. The van der Waals surface area contributed by atoms with Crippen LogP contribution in [0.15, 0.2) is 30.6 Å². The van der Waals surface area contributed by atoms with Crippen molar-refractivity contribution in [1.29, 1.82) is 0 Å². The Kier molecular flexibility index (Phi) is 3.62. The molecule has 1 aromatic heterocycles. The number of fused-ring (bicyclic) bond motifs is 1. The number of rotatable bonds is 2. The lowest BCUT2D eigenvalue weighted by atomic mass is 10.1. The van der Waals surface area contributed by atoms with Crippen molar-refractivity contribution < 1.29 is 9.53 Å². The third-order valence-electron chi connectivity index (χ3n) is 3.83. The summed E-state index contributed by atoms with van der Waals surface area (Å²) in [7, 11) is 1.63. The Morgan fingerprint density at radius 3 is 3.14 bits per heavy atom. The second-order valence-electron chi connectivity index (χ2n) is 4.99. The number of aromatic nitrogens is 1. The van der Waals surface area contributed by atoms with Gasteiger partial charge in [-0.05, 0) is 12.1 Å². The van der Waals surface area contributed by atoms with Gasteiger partial charge >= 0.3 is 0 Å². The number of morpholine rings is 1. The number of nitrogens with one attached hydrogen (secondary N) is 1. The minimum Gasteiger partial charge on any atom is -0.397 e. The van der Waals surface area contributed by atoms with Gasteiger partial charge in [0.15, 0.2) is 0 Å². The van der Waals surface area contributed by atoms with Crippen molar-refractivity contribution in [3.63, 3.8) is 0 Å². The first-order valence-electron chi connectivity index (χ1n) is 6.90. The molecular formula is C15H18N4O2. The average Bonchev–Trinajstić information content (AvgIpc) is 2.55. The highest BCUT2D eigenvalue weighted by Gasteiger charge is 2.30. The van der Waals surface area contributed by atoms with E-state index in [4.69, 9.17) is 10.5 Å². The van der Waals surface area contributed by atoms with E-state index in [1.54, 1.807) is 19.4 Å². The molecule has 3 N–H and O–H groups in total. The van der Waals surface area contributed by atoms with Crippen LogP contribution in [0.3, 0.4) is 0 Å². The van der Waals surface area contributed by atoms with Crippen LogP contribution in [-0.4, -0.2) is 43.7 Å². The predicted molar refractivity (Wildman–Crippen MR) is 82.2 cm³/mol. The first-order chi connectivity index (χ1) is 10.2. The maximum Gasteiger partial charge on any atom is 0.244 e. The van der Waals surface area contributed by atoms with Gasteiger partial charge in [-0.25, -0.2) is 0 Å². The second kappa shape index (κ2) is 5.57. The highest BCUT2D eigenvalue weighted by molar-refractivity contribution is 5.99. The van der Waals surface area contributed by atoms with E-state index in [1.807, 2.05) is 23.1 Å². The number of amides is 1. The molecule has 1 aromatic carbocycles. The van der Waals surface area contributed by atoms with Crippen molar-refractivity contribution in [2.75, 3.05) is 37.4 Å². The molecular weight excluding hydrogens is 268 g/mol. The number of pyridine rings is 1. The molecule has 1 atom stereocenters. The Bertz CT molecular complexity index is 674. The van der Waals surface area contributed by atoms with Gasteiger partial charge in [0, 0.05) is 36.8 Å². The molecule has 1 unspecified atom stereocenters. The van der Waals surface area contributed by atoms with Crippen molar-refractivity contribution in [3.8, 4) is 0 Å². The lowest BCUT2D eigenvalue weighted by Gasteiger charge is -2.36. The van der Waals surface area contributed by atoms with Gasteiger partial charge in [-0.1, -0.05) is 6.07 Å². The van der Waals surface area contributed by atoms with Gasteiger partial charge < -0.3 is 20.7 Å². The smallest absolute Gasteiger partial charge is 0.244 e. The van der Waals surface area contributed by atoms with Crippen LogP contribution in [0, 0.1) is 0 Å². The zero-order valence-corrected chi connectivity index (χ0v) is 11.9. The molecule has 1 aliphatic heterocycles. The van der Waals surface area contributed by atoms with Crippen molar-refractivity contribution in [2.45, 2.75) is 6.04 Å². The van der Waals surface area contributed by atoms with Crippen LogP contribution in [0.4, 0.5) is 11.4 Å². The molecule has 3 rings (SSSR count). The molecule has 1 fully saturated rings. The van der Waals surface area contributed by atoms with Gasteiger partial charge in [-0.15, -0.1) is 0 Å². The molecule has 0 spiro atoms. The standard InChI is InChI=1S/C15H18N4O2/c1-17-15(20)13-9-21-7-6-19(13)12-3-2-10-8-18-5-4-11(10)14(12)16/h2-5,8,13H,6-7,9,16H2,1H3,(H,17,20). The van der Waals surface area contributed by atoms with Crippen LogP contribution < -0.4 is 16.0 Å². The maximum atomic E-state index is 12.0. The monoisotopic (exact) mass is 286 g/mol. The summed E-state index contributed by atoms with van der Waals surface area (Å²) in [4.78, 5) is 18.2. The summed E-state index contributed by atoms with van der Waals surface area (Å²) < 4.78 is 5.43. The quantitative estimate of drug-likeness (QED) is 0.797. The first-order valence-corrected chi connectivity index (χ1v) is 6.90. The topological polar surface area (TPSA) is 80.5 Å². The van der Waals surface area contributed by atoms with Gasteiger partial charge in [-0.2, -0.15) is 0 Å². The number of hydrogen-bond acceptors (Lipinski definition) is 5. The van der Waals surface area contributed by atoms with E-state index in [0.717, 1.165) is 16.5 Å². The van der Waals surface area contributed by atoms with Gasteiger partial charge in [0.25, 0.3) is 0 Å². The maximum absolute atomic E-state index is 12.0. The minimum absolute atomic E-state index is 0.0658. The van der Waals surface area contributed by atoms with E-state index in [1.165, 1.54) is 0 Å². The number of nitrogens with zero attached hydrogens (tertiary/aromatic N) is 2. The average molecular weight is 286 g/mol. The van der Waals surface area contributed by atoms with Gasteiger partial charge in [-0.3, -0.25) is 9.78 Å². The lowest BCUT2D eigenvalue weighted by Crippen LogP contribution is -2.53. The van der Waals surface area contributed by atoms with Crippen molar-refractivity contribution in [3.05, 3.63) is 30.6 Å². The zero-order chi connectivity index (χ0) is 14.8. The summed E-state index contributed by atoms with van der Waals surface area (Å²) in [6.45, 7) is 1.59. The van der Waals surface area contributed by atoms with Gasteiger partial charge in [0.1, 0.15) is 6.04 Å². The number of hydrogen-bond donors (Lipinski definition) is 2. The molecule has 2 aromatic rings. The largest absolute Gasteiger partial charge is 0.397 e. The fraction of sp³-hybridized carbons (Fsp3) is 0.333. The number of likely N-dealkylation sites (N-methyl/N-ethyl adjacent to an activating group) is 1. The molecule has 1 amide bonds. The summed E-state index contributed by atoms with van der Waals surface area (Å²) in [6.07, 6.45) is 3.50. The van der Waals surface area contributed by atoms with E-state index in [9.17, 15) is 4.79 Å². The van der Waals surface area contributed by atoms with Crippen molar-refractivity contribution >= 4 is 28.1 Å². The summed E-state index contributed by atoms with van der Waals surface area (Å²) in [5.74, 6) is -0.0658. The third kappa shape index (κ3) is 2.38. The minimum atomic E-state index is -0.356. The van der Waals surface area contributed by atoms with Gasteiger partial charge in [0.2, 0.25) is 5.91 Å². The Morgan fingerprint density at radius 1 is 1.48 bits per heavy atom. The van der Waals surface area contributed by atoms with E-state index in [2.05, 4.69) is 10.3 Å². The van der Waals surface area contributed by atoms with E-state index < -0.39 is 0 Å². The zero-order valence-electron chi connectivity index (χ0n) is 11.9. The fourth-order valence-corrected chi connectivity index (χ4v) is 2.71. The molecule has 0 saturated carbocycles. The number of ether oxygens (including phenoxy) is 1. The summed E-state index contributed by atoms with van der Waals surface area (Å²) in [5.41, 5.74) is 7.85. The summed E-state index contributed by atoms with van der Waals surface area (Å²) in [5, 5.41) is 4.62. The molecule has 110 valence electrons. The molecule has 21 heavy (non-hydrogen) atoms. The van der Waals surface area contributed by atoms with Crippen LogP contribution in [0.25, 0.3) is 10.8 Å². The Labute approximate surface area is 122 Å². The summed E-state index contributed by atoms with van der Waals surface area (Å²) in [6, 6.07) is 5.46. The lowest BCUT2D eigenvalue weighted by molar-refractivity contribution is -0.124. The predicted octanol–water partition coefficient (Wildman–Crippen LogP) is 0.768. The SMILES string of the molecule is CNC(=O)C1COCCN1c1ccc2cnccc2c1N. The van der Waals surface area contributed by atoms with E-state index in [-0.39, 0.29) is 11.9 Å². The number of benzene rings is 1. The molecule has 6 nitrogen and oxygen atoms in total. The number of nitrogens with two attached hydrogens (primary N) is 1. The van der Waals surface area contributed by atoms with E-state index in [0.29, 0.717) is 25.4 Å². The Balaban J connectivity index is 2.05. The first kappa shape index (κ1) is 13.6. The van der Waals surface area contributed by atoms with Crippen LogP contribution in [0.5, 0.6) is 0 Å². The van der Waals surface area contributed by atoms with Crippen LogP contribution in [0.2, 0.25) is 0 Å². The normalized spacial score (nSPS) is 18.7. The molecule has 1 saturated heterocycles. The summed E-state index contributed by atoms with van der Waals surface area (Å²) >= 11 is 0. The number of anilines is 2. The molecule has 6 heteroatoms. The fourth-order valence-electron chi connectivity index (χ4n) is 2.71. The van der Waals surface area contributed by atoms with Crippen molar-refractivity contribution in [1.82, 2.24) is 10.3 Å². The second-order valence-corrected chi connectivity index (χ2v) is 4.99. The van der Waals surface area contributed by atoms with Crippen LogP contribution in [-0.2, 0) is 9.53 Å². The number of carbonyl (C=O) groups is 1. The third-order valence-corrected chi connectivity index (χ3v) is 3.83. The molecule has 0 bridgehead atoms. The molecule has 0 aliphatic carbocycles. The van der Waals surface area contributed by atoms with Crippen molar-refractivity contribution in [2.24, 2.45) is 0 Å². The number of nitrogen functional groups attached to an aromatic ring is 1. The molecule has 2 heterocycles. The Morgan fingerprint density at radius 2 is 2.33 bits per heavy atom. The molecule has 1 aliphatic rings. The number of carbonyl (C=O) groups excluding carboxylic acids is 1. The Hall–Kier alpha value is -2.34. The van der Waals surface area contributed by atoms with Gasteiger partial charge in [0.05, 0.1) is 24.6 Å². The van der Waals surface area contributed by atoms with Crippen LogP contribution >= 0.6 is 0 Å². The highest BCUT2D eigenvalue weighted by atomic mass is 16.5. The van der Waals surface area contributed by atoms with E-state index >= 15 is 0 Å².